The highest BCUT2D eigenvalue weighted by Crippen LogP contribution is 2.48. The Morgan fingerprint density at radius 3 is 3.00 bits per heavy atom. The fraction of sp³-hybridized carbons (Fsp3) is 0.833. The summed E-state index contributed by atoms with van der Waals surface area (Å²) in [5.74, 6) is 0.0144. The normalized spacial score (nSPS) is 42.7. The first kappa shape index (κ1) is 6.12. The molecular weight excluding hydrogens is 134 g/mol. The van der Waals surface area contributed by atoms with Crippen molar-refractivity contribution in [2.75, 3.05) is 6.61 Å². The third-order valence-electron chi connectivity index (χ3n) is 2.27. The second kappa shape index (κ2) is 1.93. The van der Waals surface area contributed by atoms with Crippen molar-refractivity contribution in [1.29, 1.82) is 0 Å². The van der Waals surface area contributed by atoms with E-state index in [1.807, 2.05) is 0 Å². The van der Waals surface area contributed by atoms with Gasteiger partial charge in [-0.15, -0.1) is 0 Å². The van der Waals surface area contributed by atoms with E-state index in [1.165, 1.54) is 0 Å². The molecule has 1 amide bonds. The summed E-state index contributed by atoms with van der Waals surface area (Å²) in [4.78, 5) is 10.7. The van der Waals surface area contributed by atoms with Crippen LogP contribution >= 0.6 is 0 Å². The van der Waals surface area contributed by atoms with Gasteiger partial charge in [-0.1, -0.05) is 0 Å². The maximum Gasteiger partial charge on any atom is 0.249 e. The van der Waals surface area contributed by atoms with Crippen LogP contribution in [0.25, 0.3) is 0 Å². The van der Waals surface area contributed by atoms with Crippen molar-refractivity contribution >= 4 is 5.91 Å². The Balaban J connectivity index is 1.94. The molecule has 2 aliphatic rings. The summed E-state index contributed by atoms with van der Waals surface area (Å²) < 4.78 is 5.19. The lowest BCUT2D eigenvalue weighted by molar-refractivity contribution is -0.132. The monoisotopic (exact) mass is 143 g/mol. The van der Waals surface area contributed by atoms with Crippen LogP contribution in [-0.2, 0) is 9.53 Å². The van der Waals surface area contributed by atoms with Crippen LogP contribution in [0.15, 0.2) is 0 Å². The fourth-order valence-electron chi connectivity index (χ4n) is 1.67. The molecule has 2 fully saturated rings. The zero-order valence-electron chi connectivity index (χ0n) is 5.41. The molecule has 1 saturated heterocycles. The predicted molar refractivity (Wildman–Crippen MR) is 31.3 cm³/mol. The Hall–Kier alpha value is -0.610. The molecule has 10 heavy (non-hydrogen) atoms. The third-order valence-corrected chi connectivity index (χ3v) is 2.27. The average Bonchev–Trinajstić information content (AvgIpc) is 2.43. The van der Waals surface area contributed by atoms with Crippen LogP contribution in [0, 0.1) is 11.8 Å². The number of amides is 1. The molecule has 0 spiro atoms. The second-order valence-electron chi connectivity index (χ2n) is 2.79. The summed E-state index contributed by atoms with van der Waals surface area (Å²) in [6.07, 6.45) is 1.06. The Morgan fingerprint density at radius 2 is 2.50 bits per heavy atom. The zero-order chi connectivity index (χ0) is 7.14. The summed E-state index contributed by atoms with van der Waals surface area (Å²) in [6, 6.07) is 0. The number of carbonyl (C=O) groups excluding carboxylic acids is 1. The van der Waals surface area contributed by atoms with E-state index in [1.54, 1.807) is 5.48 Å². The number of hydrogen-bond donors (Lipinski definition) is 2. The Bertz CT molecular complexity index is 160. The van der Waals surface area contributed by atoms with Crippen LogP contribution in [0.5, 0.6) is 0 Å². The van der Waals surface area contributed by atoms with Gasteiger partial charge < -0.3 is 4.74 Å². The van der Waals surface area contributed by atoms with Gasteiger partial charge in [0.2, 0.25) is 5.91 Å². The van der Waals surface area contributed by atoms with E-state index in [4.69, 9.17) is 9.94 Å². The molecule has 0 aromatic heterocycles. The zero-order valence-corrected chi connectivity index (χ0v) is 5.41. The van der Waals surface area contributed by atoms with Crippen molar-refractivity contribution in [3.05, 3.63) is 0 Å². The molecule has 56 valence electrons. The van der Waals surface area contributed by atoms with Crippen molar-refractivity contribution in [3.8, 4) is 0 Å². The topological polar surface area (TPSA) is 58.6 Å². The van der Waals surface area contributed by atoms with Gasteiger partial charge in [-0.3, -0.25) is 10.0 Å². The largest absolute Gasteiger partial charge is 0.377 e. The molecule has 1 heterocycles. The SMILES string of the molecule is O=C(NO)C1C2CCOC21. The van der Waals surface area contributed by atoms with Gasteiger partial charge in [-0.05, 0) is 6.42 Å². The molecule has 0 bridgehead atoms. The minimum Gasteiger partial charge on any atom is -0.377 e. The maximum absolute atomic E-state index is 10.7. The minimum absolute atomic E-state index is 0.0706. The molecule has 1 aliphatic carbocycles. The summed E-state index contributed by atoms with van der Waals surface area (Å²) in [5, 5.41) is 8.25. The lowest BCUT2D eigenvalue weighted by Gasteiger charge is -1.99. The van der Waals surface area contributed by atoms with Gasteiger partial charge in [0.05, 0.1) is 12.0 Å². The number of hydrogen-bond acceptors (Lipinski definition) is 3. The fourth-order valence-corrected chi connectivity index (χ4v) is 1.67. The van der Waals surface area contributed by atoms with Gasteiger partial charge in [0.1, 0.15) is 0 Å². The van der Waals surface area contributed by atoms with Crippen LogP contribution in [0.1, 0.15) is 6.42 Å². The molecule has 0 aromatic carbocycles. The average molecular weight is 143 g/mol. The van der Waals surface area contributed by atoms with E-state index in [0.717, 1.165) is 13.0 Å². The Labute approximate surface area is 58.1 Å². The Morgan fingerprint density at radius 1 is 1.70 bits per heavy atom. The molecule has 1 aliphatic heterocycles. The van der Waals surface area contributed by atoms with Crippen molar-refractivity contribution in [1.82, 2.24) is 5.48 Å². The van der Waals surface area contributed by atoms with Crippen molar-refractivity contribution < 1.29 is 14.7 Å². The van der Waals surface area contributed by atoms with Gasteiger partial charge >= 0.3 is 0 Å². The number of hydroxylamine groups is 1. The first-order valence-corrected chi connectivity index (χ1v) is 3.40. The smallest absolute Gasteiger partial charge is 0.249 e. The van der Waals surface area contributed by atoms with Gasteiger partial charge in [-0.2, -0.15) is 0 Å². The van der Waals surface area contributed by atoms with Gasteiger partial charge in [-0.25, -0.2) is 5.48 Å². The third kappa shape index (κ3) is 0.660. The standard InChI is InChI=1S/C6H9NO3/c8-6(7-9)4-3-1-2-10-5(3)4/h3-5,9H,1-2H2,(H,7,8). The van der Waals surface area contributed by atoms with E-state index in [-0.39, 0.29) is 17.9 Å². The first-order chi connectivity index (χ1) is 4.84. The minimum atomic E-state index is -0.297. The first-order valence-electron chi connectivity index (χ1n) is 3.40. The van der Waals surface area contributed by atoms with Crippen molar-refractivity contribution in [2.45, 2.75) is 12.5 Å². The maximum atomic E-state index is 10.7. The molecule has 1 saturated carbocycles. The van der Waals surface area contributed by atoms with Crippen LogP contribution in [0.3, 0.4) is 0 Å². The molecule has 3 atom stereocenters. The summed E-state index contributed by atoms with van der Waals surface area (Å²) in [7, 11) is 0. The van der Waals surface area contributed by atoms with E-state index in [9.17, 15) is 4.79 Å². The van der Waals surface area contributed by atoms with Crippen LogP contribution in [0.4, 0.5) is 0 Å². The molecular formula is C6H9NO3. The van der Waals surface area contributed by atoms with E-state index >= 15 is 0 Å². The molecule has 4 nitrogen and oxygen atoms in total. The molecule has 2 N–H and O–H groups in total. The summed E-state index contributed by atoms with van der Waals surface area (Å²) in [6.45, 7) is 0.768. The van der Waals surface area contributed by atoms with Gasteiger partial charge in [0, 0.05) is 12.5 Å². The Kier molecular flexibility index (Phi) is 1.18. The molecule has 2 rings (SSSR count). The number of fused-ring (bicyclic) bond motifs is 1. The van der Waals surface area contributed by atoms with E-state index in [2.05, 4.69) is 0 Å². The van der Waals surface area contributed by atoms with Gasteiger partial charge in [0.15, 0.2) is 0 Å². The van der Waals surface area contributed by atoms with Gasteiger partial charge in [0.25, 0.3) is 0 Å². The van der Waals surface area contributed by atoms with E-state index in [0.29, 0.717) is 5.92 Å². The number of ether oxygens (including phenoxy) is 1. The van der Waals surface area contributed by atoms with Crippen LogP contribution in [0.2, 0.25) is 0 Å². The quantitative estimate of drug-likeness (QED) is 0.385. The molecule has 4 heteroatoms. The summed E-state index contributed by atoms with van der Waals surface area (Å²) >= 11 is 0. The predicted octanol–water partition coefficient (Wildman–Crippen LogP) is -0.473. The number of rotatable bonds is 1. The van der Waals surface area contributed by atoms with Crippen molar-refractivity contribution in [3.63, 3.8) is 0 Å². The second-order valence-corrected chi connectivity index (χ2v) is 2.79. The number of carbonyl (C=O) groups is 1. The molecule has 3 unspecified atom stereocenters. The summed E-state index contributed by atoms with van der Waals surface area (Å²) in [5.41, 5.74) is 1.64. The molecule has 0 aromatic rings. The highest BCUT2D eigenvalue weighted by Gasteiger charge is 2.58. The number of nitrogens with one attached hydrogen (secondary N) is 1. The van der Waals surface area contributed by atoms with Crippen LogP contribution in [-0.4, -0.2) is 23.8 Å². The molecule has 0 radical (unpaired) electrons. The van der Waals surface area contributed by atoms with Crippen LogP contribution < -0.4 is 5.48 Å². The van der Waals surface area contributed by atoms with E-state index < -0.39 is 0 Å². The highest BCUT2D eigenvalue weighted by molar-refractivity contribution is 5.81. The van der Waals surface area contributed by atoms with Crippen molar-refractivity contribution in [2.24, 2.45) is 11.8 Å². The highest BCUT2D eigenvalue weighted by atomic mass is 16.5. The lowest BCUT2D eigenvalue weighted by atomic mass is 10.2. The lowest BCUT2D eigenvalue weighted by Crippen LogP contribution is -2.23.